The second-order valence-corrected chi connectivity index (χ2v) is 5.62. The van der Waals surface area contributed by atoms with Gasteiger partial charge < -0.3 is 20.4 Å². The average Bonchev–Trinajstić information content (AvgIpc) is 2.43. The minimum atomic E-state index is -1.08. The van der Waals surface area contributed by atoms with Crippen LogP contribution in [0.25, 0.3) is 0 Å². The van der Waals surface area contributed by atoms with E-state index in [1.54, 1.807) is 0 Å². The van der Waals surface area contributed by atoms with E-state index in [0.29, 0.717) is 12.2 Å². The Kier molecular flexibility index (Phi) is 4.69. The van der Waals surface area contributed by atoms with Crippen LogP contribution in [0.5, 0.6) is 0 Å². The molecule has 114 valence electrons. The van der Waals surface area contributed by atoms with Crippen LogP contribution < -0.4 is 5.32 Å². The molecule has 2 unspecified atom stereocenters. The number of nitrogens with one attached hydrogen (secondary N) is 1. The lowest BCUT2D eigenvalue weighted by atomic mass is 9.96. The summed E-state index contributed by atoms with van der Waals surface area (Å²) in [6, 6.07) is 3.75. The number of benzene rings is 1. The van der Waals surface area contributed by atoms with Gasteiger partial charge in [-0.2, -0.15) is 0 Å². The summed E-state index contributed by atoms with van der Waals surface area (Å²) in [6.45, 7) is 2.79. The molecular weight excluding hydrogens is 296 g/mol. The van der Waals surface area contributed by atoms with Crippen LogP contribution in [0, 0.1) is 5.92 Å². The molecule has 0 radical (unpaired) electrons. The molecule has 21 heavy (non-hydrogen) atoms. The zero-order chi connectivity index (χ0) is 15.6. The summed E-state index contributed by atoms with van der Waals surface area (Å²) in [4.78, 5) is 24.5. The number of aromatic carboxylic acids is 1. The standard InChI is InChI=1S/C14H17ClN2O4/c1-8-4-5-17(7-12(8)18)14(21)16-11-3-2-9(13(19)20)6-10(11)15/h2-3,6,8,12,18H,4-5,7H2,1H3,(H,16,21)(H,19,20). The zero-order valence-electron chi connectivity index (χ0n) is 11.5. The smallest absolute Gasteiger partial charge is 0.335 e. The number of hydrogen-bond donors (Lipinski definition) is 3. The lowest BCUT2D eigenvalue weighted by molar-refractivity contribution is 0.0464. The number of carboxylic acids is 1. The number of carboxylic acid groups (broad SMARTS) is 1. The molecule has 1 aliphatic heterocycles. The highest BCUT2D eigenvalue weighted by molar-refractivity contribution is 6.34. The van der Waals surface area contributed by atoms with Gasteiger partial charge in [0.15, 0.2) is 0 Å². The van der Waals surface area contributed by atoms with Crippen molar-refractivity contribution in [3.05, 3.63) is 28.8 Å². The first-order chi connectivity index (χ1) is 9.88. The Labute approximate surface area is 127 Å². The van der Waals surface area contributed by atoms with E-state index in [4.69, 9.17) is 16.7 Å². The van der Waals surface area contributed by atoms with Gasteiger partial charge in [0.25, 0.3) is 0 Å². The van der Waals surface area contributed by atoms with Crippen molar-refractivity contribution in [1.82, 2.24) is 4.90 Å². The Bertz CT molecular complexity index is 564. The fraction of sp³-hybridized carbons (Fsp3) is 0.429. The van der Waals surface area contributed by atoms with Crippen molar-refractivity contribution in [2.24, 2.45) is 5.92 Å². The molecule has 3 N–H and O–H groups in total. The summed E-state index contributed by atoms with van der Waals surface area (Å²) in [5, 5.41) is 21.5. The molecule has 0 spiro atoms. The van der Waals surface area contributed by atoms with Gasteiger partial charge in [-0.05, 0) is 30.5 Å². The van der Waals surface area contributed by atoms with Crippen molar-refractivity contribution < 1.29 is 19.8 Å². The Balaban J connectivity index is 2.04. The summed E-state index contributed by atoms with van der Waals surface area (Å²) in [7, 11) is 0. The van der Waals surface area contributed by atoms with E-state index in [2.05, 4.69) is 5.32 Å². The van der Waals surface area contributed by atoms with Crippen molar-refractivity contribution >= 4 is 29.3 Å². The lowest BCUT2D eigenvalue weighted by Crippen LogP contribution is -2.47. The molecule has 1 aromatic carbocycles. The monoisotopic (exact) mass is 312 g/mol. The topological polar surface area (TPSA) is 89.9 Å². The molecule has 7 heteroatoms. The number of carbonyl (C=O) groups is 2. The Hall–Kier alpha value is -1.79. The number of urea groups is 1. The number of anilines is 1. The highest BCUT2D eigenvalue weighted by Crippen LogP contribution is 2.24. The Morgan fingerprint density at radius 3 is 2.71 bits per heavy atom. The van der Waals surface area contributed by atoms with E-state index < -0.39 is 12.1 Å². The van der Waals surface area contributed by atoms with E-state index in [9.17, 15) is 14.7 Å². The number of aliphatic hydroxyl groups excluding tert-OH is 1. The van der Waals surface area contributed by atoms with E-state index in [1.807, 2.05) is 6.92 Å². The van der Waals surface area contributed by atoms with Crippen LogP contribution in [0.3, 0.4) is 0 Å². The lowest BCUT2D eigenvalue weighted by Gasteiger charge is -2.34. The number of rotatable bonds is 2. The minimum Gasteiger partial charge on any atom is -0.478 e. The number of amides is 2. The van der Waals surface area contributed by atoms with Crippen LogP contribution in [0.1, 0.15) is 23.7 Å². The highest BCUT2D eigenvalue weighted by Gasteiger charge is 2.27. The van der Waals surface area contributed by atoms with Gasteiger partial charge in [0.05, 0.1) is 22.4 Å². The molecule has 0 aliphatic carbocycles. The third kappa shape index (κ3) is 3.65. The van der Waals surface area contributed by atoms with Gasteiger partial charge in [-0.3, -0.25) is 0 Å². The van der Waals surface area contributed by atoms with Crippen LogP contribution in [-0.4, -0.2) is 46.3 Å². The van der Waals surface area contributed by atoms with Crippen molar-refractivity contribution in [2.45, 2.75) is 19.4 Å². The molecule has 1 aliphatic rings. The van der Waals surface area contributed by atoms with Crippen molar-refractivity contribution in [3.63, 3.8) is 0 Å². The molecule has 1 saturated heterocycles. The molecule has 1 heterocycles. The highest BCUT2D eigenvalue weighted by atomic mass is 35.5. The van der Waals surface area contributed by atoms with Gasteiger partial charge in [-0.25, -0.2) is 9.59 Å². The van der Waals surface area contributed by atoms with Gasteiger partial charge >= 0.3 is 12.0 Å². The predicted octanol–water partition coefficient (Wildman–Crippen LogP) is 2.27. The van der Waals surface area contributed by atoms with Crippen LogP contribution in [0.2, 0.25) is 5.02 Å². The van der Waals surface area contributed by atoms with Gasteiger partial charge in [0.1, 0.15) is 0 Å². The summed E-state index contributed by atoms with van der Waals surface area (Å²) in [5.74, 6) is -0.907. The third-order valence-electron chi connectivity index (χ3n) is 3.66. The number of likely N-dealkylation sites (tertiary alicyclic amines) is 1. The largest absolute Gasteiger partial charge is 0.478 e. The molecule has 0 bridgehead atoms. The molecular formula is C14H17ClN2O4. The summed E-state index contributed by atoms with van der Waals surface area (Å²) >= 11 is 5.96. The van der Waals surface area contributed by atoms with Crippen molar-refractivity contribution in [2.75, 3.05) is 18.4 Å². The van der Waals surface area contributed by atoms with Crippen LogP contribution >= 0.6 is 11.6 Å². The molecule has 2 atom stereocenters. The first-order valence-corrected chi connectivity index (χ1v) is 7.03. The van der Waals surface area contributed by atoms with Crippen molar-refractivity contribution in [1.29, 1.82) is 0 Å². The fourth-order valence-electron chi connectivity index (χ4n) is 2.18. The van der Waals surface area contributed by atoms with Gasteiger partial charge in [0.2, 0.25) is 0 Å². The summed E-state index contributed by atoms with van der Waals surface area (Å²) < 4.78 is 0. The van der Waals surface area contributed by atoms with Gasteiger partial charge in [-0.15, -0.1) is 0 Å². The molecule has 6 nitrogen and oxygen atoms in total. The van der Waals surface area contributed by atoms with Gasteiger partial charge in [0, 0.05) is 13.1 Å². The number of halogens is 1. The first-order valence-electron chi connectivity index (χ1n) is 6.65. The zero-order valence-corrected chi connectivity index (χ0v) is 12.3. The second kappa shape index (κ2) is 6.32. The van der Waals surface area contributed by atoms with Crippen molar-refractivity contribution in [3.8, 4) is 0 Å². The SMILES string of the molecule is CC1CCN(C(=O)Nc2ccc(C(=O)O)cc2Cl)CC1O. The average molecular weight is 313 g/mol. The third-order valence-corrected chi connectivity index (χ3v) is 3.98. The van der Waals surface area contributed by atoms with E-state index in [-0.39, 0.29) is 29.1 Å². The maximum Gasteiger partial charge on any atom is 0.335 e. The second-order valence-electron chi connectivity index (χ2n) is 5.21. The number of hydrogen-bond acceptors (Lipinski definition) is 3. The van der Waals surface area contributed by atoms with Crippen LogP contribution in [0.15, 0.2) is 18.2 Å². The molecule has 2 amide bonds. The number of piperidine rings is 1. The molecule has 1 aromatic rings. The quantitative estimate of drug-likeness (QED) is 0.781. The molecule has 0 aromatic heterocycles. The van der Waals surface area contributed by atoms with E-state index in [1.165, 1.54) is 23.1 Å². The van der Waals surface area contributed by atoms with E-state index >= 15 is 0 Å². The molecule has 2 rings (SSSR count). The fourth-order valence-corrected chi connectivity index (χ4v) is 2.40. The Morgan fingerprint density at radius 2 is 2.14 bits per heavy atom. The summed E-state index contributed by atoms with van der Waals surface area (Å²) in [6.07, 6.45) is 0.203. The maximum atomic E-state index is 12.1. The predicted molar refractivity (Wildman–Crippen MR) is 78.8 cm³/mol. The molecule has 1 fully saturated rings. The number of aliphatic hydroxyl groups is 1. The normalized spacial score (nSPS) is 22.0. The number of carbonyl (C=O) groups excluding carboxylic acids is 1. The van der Waals surface area contributed by atoms with E-state index in [0.717, 1.165) is 6.42 Å². The van der Waals surface area contributed by atoms with Gasteiger partial charge in [-0.1, -0.05) is 18.5 Å². The maximum absolute atomic E-state index is 12.1. The minimum absolute atomic E-state index is 0.0558. The first kappa shape index (κ1) is 15.6. The number of β-amino-alcohol motifs (C(OH)–C–C–N with tert-alkyl or cyclic N) is 1. The number of nitrogens with zero attached hydrogens (tertiary/aromatic N) is 1. The summed E-state index contributed by atoms with van der Waals surface area (Å²) in [5.41, 5.74) is 0.403. The molecule has 0 saturated carbocycles. The van der Waals surface area contributed by atoms with Crippen LogP contribution in [-0.2, 0) is 0 Å². The Morgan fingerprint density at radius 1 is 1.43 bits per heavy atom. The van der Waals surface area contributed by atoms with Crippen LogP contribution in [0.4, 0.5) is 10.5 Å².